The molecule has 5 rings (SSSR count). The number of rotatable bonds is 5. The topological polar surface area (TPSA) is 95.1 Å². The van der Waals surface area contributed by atoms with Crippen molar-refractivity contribution in [2.75, 3.05) is 11.1 Å². The summed E-state index contributed by atoms with van der Waals surface area (Å²) >= 11 is 2.59. The normalized spacial score (nSPS) is 13.1. The fraction of sp³-hybridized carbons (Fsp3) is 0.240. The second-order valence-electron chi connectivity index (χ2n) is 8.25. The average Bonchev–Trinajstić information content (AvgIpc) is 3.24. The van der Waals surface area contributed by atoms with Gasteiger partial charge in [-0.1, -0.05) is 36.0 Å². The third kappa shape index (κ3) is 4.54. The molecule has 0 atom stereocenters. The van der Waals surface area contributed by atoms with Crippen LogP contribution in [0.15, 0.2) is 51.7 Å². The van der Waals surface area contributed by atoms with E-state index in [4.69, 9.17) is 0 Å². The fourth-order valence-electron chi connectivity index (χ4n) is 4.18. The van der Waals surface area contributed by atoms with Gasteiger partial charge in [0, 0.05) is 10.9 Å². The Morgan fingerprint density at radius 3 is 2.85 bits per heavy atom. The highest BCUT2D eigenvalue weighted by molar-refractivity contribution is 7.99. The van der Waals surface area contributed by atoms with Crippen molar-refractivity contribution in [2.45, 2.75) is 37.8 Å². The van der Waals surface area contributed by atoms with Gasteiger partial charge in [-0.25, -0.2) is 4.98 Å². The summed E-state index contributed by atoms with van der Waals surface area (Å²) in [7, 11) is 0. The molecule has 1 aliphatic carbocycles. The predicted molar refractivity (Wildman–Crippen MR) is 135 cm³/mol. The molecule has 2 aromatic carbocycles. The standard InChI is InChI=1S/C25H23N3O3S2/c1-14-6-9-20(29)19(10-14)26-21(30)13-33-25-27-23(31)22-18(12-32-24(22)28-25)17-8-7-15-4-2-3-5-16(15)11-17/h6-12,29H,2-5,13H2,1H3,(H,26,30)(H,27,28,31). The number of thiophene rings is 1. The van der Waals surface area contributed by atoms with Crippen molar-refractivity contribution in [3.05, 3.63) is 68.8 Å². The Kier molecular flexibility index (Phi) is 5.95. The zero-order valence-corrected chi connectivity index (χ0v) is 19.7. The molecule has 0 saturated carbocycles. The first-order valence-electron chi connectivity index (χ1n) is 10.8. The van der Waals surface area contributed by atoms with Crippen LogP contribution in [0, 0.1) is 6.92 Å². The summed E-state index contributed by atoms with van der Waals surface area (Å²) in [6.07, 6.45) is 4.66. The summed E-state index contributed by atoms with van der Waals surface area (Å²) in [6.45, 7) is 1.88. The molecule has 0 bridgehead atoms. The van der Waals surface area contributed by atoms with Gasteiger partial charge in [0.05, 0.1) is 16.8 Å². The Morgan fingerprint density at radius 1 is 1.18 bits per heavy atom. The van der Waals surface area contributed by atoms with Gasteiger partial charge in [0.25, 0.3) is 5.56 Å². The molecule has 3 N–H and O–H groups in total. The van der Waals surface area contributed by atoms with E-state index in [1.54, 1.807) is 18.2 Å². The smallest absolute Gasteiger partial charge is 0.260 e. The van der Waals surface area contributed by atoms with Crippen LogP contribution in [0.2, 0.25) is 0 Å². The summed E-state index contributed by atoms with van der Waals surface area (Å²) in [5.41, 5.74) is 5.83. The molecular weight excluding hydrogens is 454 g/mol. The van der Waals surface area contributed by atoms with Gasteiger partial charge in [-0.05, 0) is 67.0 Å². The number of H-pyrrole nitrogens is 1. The lowest BCUT2D eigenvalue weighted by atomic mass is 9.89. The number of aromatic amines is 1. The Bertz CT molecular complexity index is 1420. The molecule has 0 radical (unpaired) electrons. The number of phenolic OH excluding ortho intramolecular Hbond substituents is 1. The number of hydrogen-bond donors (Lipinski definition) is 3. The van der Waals surface area contributed by atoms with Crippen LogP contribution in [-0.2, 0) is 17.6 Å². The average molecular weight is 478 g/mol. The number of fused-ring (bicyclic) bond motifs is 2. The van der Waals surface area contributed by atoms with Crippen LogP contribution in [0.3, 0.4) is 0 Å². The minimum atomic E-state index is -0.287. The highest BCUT2D eigenvalue weighted by Crippen LogP contribution is 2.34. The predicted octanol–water partition coefficient (Wildman–Crippen LogP) is 5.28. The van der Waals surface area contributed by atoms with E-state index >= 15 is 0 Å². The lowest BCUT2D eigenvalue weighted by Gasteiger charge is -2.16. The van der Waals surface area contributed by atoms with Crippen LogP contribution in [0.25, 0.3) is 21.3 Å². The van der Waals surface area contributed by atoms with Gasteiger partial charge in [-0.3, -0.25) is 9.59 Å². The minimum absolute atomic E-state index is 0.0141. The maximum atomic E-state index is 12.9. The number of anilines is 1. The van der Waals surface area contributed by atoms with Crippen molar-refractivity contribution in [2.24, 2.45) is 0 Å². The number of carbonyl (C=O) groups is 1. The number of amides is 1. The van der Waals surface area contributed by atoms with Crippen molar-refractivity contribution < 1.29 is 9.90 Å². The molecule has 1 amide bonds. The molecule has 2 heterocycles. The highest BCUT2D eigenvalue weighted by atomic mass is 32.2. The zero-order valence-electron chi connectivity index (χ0n) is 18.1. The number of benzene rings is 2. The molecule has 0 fully saturated rings. The summed E-state index contributed by atoms with van der Waals surface area (Å²) in [6, 6.07) is 11.5. The first-order chi connectivity index (χ1) is 16.0. The van der Waals surface area contributed by atoms with E-state index < -0.39 is 0 Å². The summed E-state index contributed by atoms with van der Waals surface area (Å²) in [4.78, 5) is 33.3. The molecule has 0 unspecified atom stereocenters. The van der Waals surface area contributed by atoms with Crippen LogP contribution < -0.4 is 10.9 Å². The Balaban J connectivity index is 1.35. The number of nitrogens with zero attached hydrogens (tertiary/aromatic N) is 1. The quantitative estimate of drug-likeness (QED) is 0.207. The van der Waals surface area contributed by atoms with E-state index in [1.165, 1.54) is 35.3 Å². The SMILES string of the molecule is Cc1ccc(O)c(NC(=O)CSc2nc3scc(-c4ccc5c(c4)CCCC5)c3c(=O)[nH]2)c1. The second kappa shape index (κ2) is 9.03. The molecule has 8 heteroatoms. The maximum Gasteiger partial charge on any atom is 0.260 e. The van der Waals surface area contributed by atoms with Gasteiger partial charge in [-0.15, -0.1) is 11.3 Å². The number of carbonyl (C=O) groups excluding carboxylic acids is 1. The number of hydrogen-bond acceptors (Lipinski definition) is 6. The lowest BCUT2D eigenvalue weighted by molar-refractivity contribution is -0.113. The zero-order chi connectivity index (χ0) is 22.9. The Hall–Kier alpha value is -3.10. The minimum Gasteiger partial charge on any atom is -0.506 e. The number of aryl methyl sites for hydroxylation is 3. The Morgan fingerprint density at radius 2 is 2.00 bits per heavy atom. The van der Waals surface area contributed by atoms with E-state index in [1.807, 2.05) is 12.3 Å². The first kappa shape index (κ1) is 21.7. The van der Waals surface area contributed by atoms with Gasteiger partial charge < -0.3 is 15.4 Å². The van der Waals surface area contributed by atoms with Crippen molar-refractivity contribution in [3.8, 4) is 16.9 Å². The molecular formula is C25H23N3O3S2. The summed E-state index contributed by atoms with van der Waals surface area (Å²) < 4.78 is 0. The second-order valence-corrected chi connectivity index (χ2v) is 10.1. The lowest BCUT2D eigenvalue weighted by Crippen LogP contribution is -2.15. The van der Waals surface area contributed by atoms with Crippen molar-refractivity contribution in [1.29, 1.82) is 0 Å². The van der Waals surface area contributed by atoms with Gasteiger partial charge in [-0.2, -0.15) is 0 Å². The Labute approximate surface area is 199 Å². The summed E-state index contributed by atoms with van der Waals surface area (Å²) in [5.74, 6) is -0.213. The van der Waals surface area contributed by atoms with Crippen LogP contribution in [-0.4, -0.2) is 26.7 Å². The number of thioether (sulfide) groups is 1. The molecule has 168 valence electrons. The highest BCUT2D eigenvalue weighted by Gasteiger charge is 2.16. The fourth-order valence-corrected chi connectivity index (χ4v) is 5.85. The molecule has 0 aliphatic heterocycles. The molecule has 6 nitrogen and oxygen atoms in total. The van der Waals surface area contributed by atoms with Gasteiger partial charge in [0.15, 0.2) is 5.16 Å². The van der Waals surface area contributed by atoms with E-state index in [2.05, 4.69) is 33.5 Å². The first-order valence-corrected chi connectivity index (χ1v) is 12.7. The molecule has 0 saturated heterocycles. The largest absolute Gasteiger partial charge is 0.506 e. The number of aromatic hydroxyl groups is 1. The van der Waals surface area contributed by atoms with Gasteiger partial charge in [0.1, 0.15) is 10.6 Å². The van der Waals surface area contributed by atoms with E-state index in [0.29, 0.717) is 21.1 Å². The van der Waals surface area contributed by atoms with Gasteiger partial charge >= 0.3 is 0 Å². The van der Waals surface area contributed by atoms with Crippen molar-refractivity contribution in [3.63, 3.8) is 0 Å². The van der Waals surface area contributed by atoms with Crippen LogP contribution in [0.5, 0.6) is 5.75 Å². The molecule has 1 aliphatic rings. The van der Waals surface area contributed by atoms with E-state index in [9.17, 15) is 14.7 Å². The van der Waals surface area contributed by atoms with Crippen LogP contribution >= 0.6 is 23.1 Å². The van der Waals surface area contributed by atoms with Crippen LogP contribution in [0.4, 0.5) is 5.69 Å². The number of nitrogens with one attached hydrogen (secondary N) is 2. The van der Waals surface area contributed by atoms with Crippen LogP contribution in [0.1, 0.15) is 29.5 Å². The van der Waals surface area contributed by atoms with Crippen molar-refractivity contribution >= 4 is 44.9 Å². The molecule has 33 heavy (non-hydrogen) atoms. The number of aromatic nitrogens is 2. The van der Waals surface area contributed by atoms with E-state index in [-0.39, 0.29) is 23.0 Å². The molecule has 2 aromatic heterocycles. The van der Waals surface area contributed by atoms with E-state index in [0.717, 1.165) is 41.3 Å². The third-order valence-electron chi connectivity index (χ3n) is 5.85. The number of phenols is 1. The third-order valence-corrected chi connectivity index (χ3v) is 7.59. The van der Waals surface area contributed by atoms with Crippen molar-refractivity contribution in [1.82, 2.24) is 9.97 Å². The molecule has 4 aromatic rings. The van der Waals surface area contributed by atoms with Gasteiger partial charge in [0.2, 0.25) is 5.91 Å². The monoisotopic (exact) mass is 477 g/mol. The maximum absolute atomic E-state index is 12.9. The molecule has 0 spiro atoms. The summed E-state index contributed by atoms with van der Waals surface area (Å²) in [5, 5.41) is 15.6.